The van der Waals surface area contributed by atoms with Crippen molar-refractivity contribution in [1.29, 1.82) is 0 Å². The lowest BCUT2D eigenvalue weighted by atomic mass is 9.91. The number of rotatable bonds is 6. The Bertz CT molecular complexity index is 1370. The van der Waals surface area contributed by atoms with E-state index in [0.29, 0.717) is 18.7 Å². The normalized spacial score (nSPS) is 20.7. The van der Waals surface area contributed by atoms with Crippen molar-refractivity contribution in [2.45, 2.75) is 44.4 Å². The number of hydrogen-bond donors (Lipinski definition) is 3. The summed E-state index contributed by atoms with van der Waals surface area (Å²) >= 11 is 0. The van der Waals surface area contributed by atoms with E-state index in [1.807, 2.05) is 36.4 Å². The van der Waals surface area contributed by atoms with Crippen molar-refractivity contribution in [3.63, 3.8) is 0 Å². The van der Waals surface area contributed by atoms with E-state index in [1.54, 1.807) is 35.2 Å². The summed E-state index contributed by atoms with van der Waals surface area (Å²) < 4.78 is 5.93. The molecule has 0 radical (unpaired) electrons. The quantitative estimate of drug-likeness (QED) is 0.465. The minimum atomic E-state index is -1.05. The largest absolute Gasteiger partial charge is 0.508 e. The summed E-state index contributed by atoms with van der Waals surface area (Å²) in [6.07, 6.45) is -0.972. The molecule has 3 N–H and O–H groups in total. The third-order valence-corrected chi connectivity index (χ3v) is 7.22. The van der Waals surface area contributed by atoms with Gasteiger partial charge in [-0.25, -0.2) is 4.79 Å². The number of hydrogen-bond acceptors (Lipinski definition) is 5. The first-order valence-electron chi connectivity index (χ1n) is 12.2. The van der Waals surface area contributed by atoms with Gasteiger partial charge in [0.1, 0.15) is 17.9 Å². The van der Waals surface area contributed by atoms with E-state index in [1.165, 1.54) is 13.8 Å². The number of carbonyl (C=O) groups is 3. The Kier molecular flexibility index (Phi) is 6.43. The van der Waals surface area contributed by atoms with Crippen LogP contribution in [0.2, 0.25) is 0 Å². The van der Waals surface area contributed by atoms with Crippen LogP contribution in [-0.2, 0) is 19.1 Å². The Morgan fingerprint density at radius 2 is 1.70 bits per heavy atom. The number of fused-ring (bicyclic) bond motifs is 3. The molecule has 5 rings (SSSR count). The van der Waals surface area contributed by atoms with Crippen molar-refractivity contribution in [2.24, 2.45) is 0 Å². The molecule has 8 nitrogen and oxygen atoms in total. The number of benzene rings is 3. The maximum Gasteiger partial charge on any atom is 0.332 e. The van der Waals surface area contributed by atoms with Gasteiger partial charge >= 0.3 is 5.97 Å². The summed E-state index contributed by atoms with van der Waals surface area (Å²) in [6, 6.07) is 19.2. The van der Waals surface area contributed by atoms with Gasteiger partial charge in [-0.1, -0.05) is 42.5 Å². The number of anilines is 1. The lowest BCUT2D eigenvalue weighted by Crippen LogP contribution is -2.44. The van der Waals surface area contributed by atoms with E-state index in [2.05, 4.69) is 5.32 Å². The highest BCUT2D eigenvalue weighted by molar-refractivity contribution is 5.98. The molecule has 0 aromatic heterocycles. The minimum absolute atomic E-state index is 0.138. The second-order valence-corrected chi connectivity index (χ2v) is 9.52. The van der Waals surface area contributed by atoms with Gasteiger partial charge in [-0.3, -0.25) is 9.59 Å². The van der Waals surface area contributed by atoms with Crippen LogP contribution >= 0.6 is 0 Å². The highest BCUT2D eigenvalue weighted by Gasteiger charge is 2.41. The molecule has 37 heavy (non-hydrogen) atoms. The van der Waals surface area contributed by atoms with Crippen molar-refractivity contribution in [3.8, 4) is 16.9 Å². The SMILES string of the molecule is CC(=O)N1CCC(c2ccc(O)cc2)C1C(=O)Nc1ccc2c(c1)C(OC(C)C(=O)O)c1ccccc1-2. The summed E-state index contributed by atoms with van der Waals surface area (Å²) in [5.74, 6) is -1.62. The molecule has 0 bridgehead atoms. The van der Waals surface area contributed by atoms with Gasteiger partial charge in [-0.2, -0.15) is 0 Å². The number of nitrogens with one attached hydrogen (secondary N) is 1. The number of carbonyl (C=O) groups excluding carboxylic acids is 2. The van der Waals surface area contributed by atoms with Crippen LogP contribution in [0.4, 0.5) is 5.69 Å². The van der Waals surface area contributed by atoms with Gasteiger partial charge in [0.15, 0.2) is 6.10 Å². The zero-order valence-corrected chi connectivity index (χ0v) is 20.5. The molecule has 0 spiro atoms. The Hall–Kier alpha value is -4.17. The highest BCUT2D eigenvalue weighted by Crippen LogP contribution is 2.46. The van der Waals surface area contributed by atoms with E-state index in [0.717, 1.165) is 27.8 Å². The van der Waals surface area contributed by atoms with Crippen molar-refractivity contribution in [2.75, 3.05) is 11.9 Å². The molecule has 3 aromatic rings. The van der Waals surface area contributed by atoms with E-state index < -0.39 is 24.2 Å². The molecule has 2 amide bonds. The van der Waals surface area contributed by atoms with Crippen LogP contribution in [0.3, 0.4) is 0 Å². The van der Waals surface area contributed by atoms with Crippen molar-refractivity contribution < 1.29 is 29.3 Å². The van der Waals surface area contributed by atoms with E-state index in [9.17, 15) is 24.6 Å². The fourth-order valence-corrected chi connectivity index (χ4v) is 5.41. The molecule has 1 heterocycles. The molecule has 1 aliphatic carbocycles. The Balaban J connectivity index is 1.45. The number of phenols is 1. The van der Waals surface area contributed by atoms with Gasteiger partial charge in [0.2, 0.25) is 11.8 Å². The molecule has 0 saturated carbocycles. The van der Waals surface area contributed by atoms with Crippen LogP contribution < -0.4 is 5.32 Å². The van der Waals surface area contributed by atoms with Gasteiger partial charge in [0.05, 0.1) is 0 Å². The van der Waals surface area contributed by atoms with Gasteiger partial charge in [0.25, 0.3) is 0 Å². The smallest absolute Gasteiger partial charge is 0.332 e. The molecule has 4 unspecified atom stereocenters. The first kappa shape index (κ1) is 24.5. The highest BCUT2D eigenvalue weighted by atomic mass is 16.5. The average Bonchev–Trinajstić information content (AvgIpc) is 3.45. The monoisotopic (exact) mass is 500 g/mol. The zero-order chi connectivity index (χ0) is 26.3. The fraction of sp³-hybridized carbons (Fsp3) is 0.276. The number of ether oxygens (including phenoxy) is 1. The number of carboxylic acid groups (broad SMARTS) is 1. The lowest BCUT2D eigenvalue weighted by Gasteiger charge is -2.27. The van der Waals surface area contributed by atoms with E-state index >= 15 is 0 Å². The molecule has 1 fully saturated rings. The van der Waals surface area contributed by atoms with Gasteiger partial charge in [-0.05, 0) is 65.4 Å². The Morgan fingerprint density at radius 3 is 2.41 bits per heavy atom. The van der Waals surface area contributed by atoms with Crippen LogP contribution in [0.15, 0.2) is 66.7 Å². The maximum atomic E-state index is 13.6. The predicted octanol–water partition coefficient (Wildman–Crippen LogP) is 4.29. The molecular formula is C29H28N2O6. The van der Waals surface area contributed by atoms with Gasteiger partial charge in [-0.15, -0.1) is 0 Å². The van der Waals surface area contributed by atoms with E-state index in [4.69, 9.17) is 4.74 Å². The Labute approximate surface area is 214 Å². The number of likely N-dealkylation sites (tertiary alicyclic amines) is 1. The first-order chi connectivity index (χ1) is 17.7. The van der Waals surface area contributed by atoms with Crippen LogP contribution in [0, 0.1) is 0 Å². The third kappa shape index (κ3) is 4.56. The molecule has 3 aromatic carbocycles. The number of carboxylic acids is 1. The van der Waals surface area contributed by atoms with Crippen molar-refractivity contribution >= 4 is 23.5 Å². The first-order valence-corrected chi connectivity index (χ1v) is 12.2. The topological polar surface area (TPSA) is 116 Å². The number of nitrogens with zero attached hydrogens (tertiary/aromatic N) is 1. The molecule has 1 saturated heterocycles. The average molecular weight is 501 g/mol. The van der Waals surface area contributed by atoms with Crippen molar-refractivity contribution in [3.05, 3.63) is 83.4 Å². The molecular weight excluding hydrogens is 472 g/mol. The summed E-state index contributed by atoms with van der Waals surface area (Å²) in [7, 11) is 0. The van der Waals surface area contributed by atoms with Gasteiger partial charge < -0.3 is 25.2 Å². The standard InChI is InChI=1S/C29H28N2O6/c1-16(29(35)36)37-27-24-6-4-3-5-22(24)23-12-9-19(15-25(23)27)30-28(34)26-21(13-14-31(26)17(2)32)18-7-10-20(33)11-8-18/h3-12,15-16,21,26-27,33H,13-14H2,1-2H3,(H,30,34)(H,35,36). The van der Waals surface area contributed by atoms with Crippen LogP contribution in [-0.4, -0.2) is 51.6 Å². The fourth-order valence-electron chi connectivity index (χ4n) is 5.41. The number of phenolic OH excluding ortho intramolecular Hbond substituents is 1. The summed E-state index contributed by atoms with van der Waals surface area (Å²) in [5.41, 5.74) is 4.94. The van der Waals surface area contributed by atoms with Crippen LogP contribution in [0.5, 0.6) is 5.75 Å². The molecule has 190 valence electrons. The molecule has 4 atom stereocenters. The van der Waals surface area contributed by atoms with Crippen LogP contribution in [0.25, 0.3) is 11.1 Å². The maximum absolute atomic E-state index is 13.6. The number of amides is 2. The summed E-state index contributed by atoms with van der Waals surface area (Å²) in [6.45, 7) is 3.41. The second kappa shape index (κ2) is 9.71. The van der Waals surface area contributed by atoms with E-state index in [-0.39, 0.29) is 23.5 Å². The lowest BCUT2D eigenvalue weighted by molar-refractivity contribution is -0.151. The number of aromatic hydroxyl groups is 1. The molecule has 8 heteroatoms. The minimum Gasteiger partial charge on any atom is -0.508 e. The third-order valence-electron chi connectivity index (χ3n) is 7.22. The molecule has 2 aliphatic rings. The van der Waals surface area contributed by atoms with Gasteiger partial charge in [0, 0.05) is 25.1 Å². The summed E-state index contributed by atoms with van der Waals surface area (Å²) in [4.78, 5) is 39.0. The predicted molar refractivity (Wildman–Crippen MR) is 137 cm³/mol. The number of aliphatic carboxylic acids is 1. The summed E-state index contributed by atoms with van der Waals surface area (Å²) in [5, 5.41) is 22.1. The van der Waals surface area contributed by atoms with Crippen molar-refractivity contribution in [1.82, 2.24) is 4.90 Å². The molecule has 1 aliphatic heterocycles. The zero-order valence-electron chi connectivity index (χ0n) is 20.5. The Morgan fingerprint density at radius 1 is 1.00 bits per heavy atom. The second-order valence-electron chi connectivity index (χ2n) is 9.52. The van der Waals surface area contributed by atoms with Crippen LogP contribution in [0.1, 0.15) is 49.0 Å².